The van der Waals surface area contributed by atoms with E-state index in [1.807, 2.05) is 30.5 Å². The van der Waals surface area contributed by atoms with Crippen molar-refractivity contribution in [1.29, 1.82) is 0 Å². The lowest BCUT2D eigenvalue weighted by atomic mass is 9.73. The molecule has 6 rings (SSSR count). The molecule has 8 nitrogen and oxygen atoms in total. The summed E-state index contributed by atoms with van der Waals surface area (Å²) >= 11 is 0. The first-order chi connectivity index (χ1) is 18.0. The largest absolute Gasteiger partial charge is 0.497 e. The number of benzene rings is 2. The normalized spacial score (nSPS) is 23.2. The third-order valence-electron chi connectivity index (χ3n) is 7.75. The number of pyridine rings is 1. The molecular weight excluding hydrogens is 468 g/mol. The van der Waals surface area contributed by atoms with Gasteiger partial charge in [0.05, 0.1) is 32.9 Å². The van der Waals surface area contributed by atoms with E-state index in [0.717, 1.165) is 48.1 Å². The SMILES string of the molecule is C=CC1CN2CCC1C[C@H]2[C@@H](NC(=O)Nc1cc(OC)cc(OC)c1)c1ccnc2ccc(OC)cc12. The van der Waals surface area contributed by atoms with Gasteiger partial charge in [-0.3, -0.25) is 9.88 Å². The van der Waals surface area contributed by atoms with E-state index in [1.54, 1.807) is 39.5 Å². The van der Waals surface area contributed by atoms with Gasteiger partial charge in [-0.2, -0.15) is 0 Å². The minimum atomic E-state index is -0.295. The van der Waals surface area contributed by atoms with Crippen LogP contribution in [0.5, 0.6) is 17.2 Å². The molecule has 2 bridgehead atoms. The molecule has 5 atom stereocenters. The van der Waals surface area contributed by atoms with E-state index < -0.39 is 0 Å². The second-order valence-corrected chi connectivity index (χ2v) is 9.71. The highest BCUT2D eigenvalue weighted by atomic mass is 16.5. The van der Waals surface area contributed by atoms with Gasteiger partial charge in [-0.15, -0.1) is 6.58 Å². The number of hydrogen-bond donors (Lipinski definition) is 2. The van der Waals surface area contributed by atoms with Crippen LogP contribution in [0.25, 0.3) is 10.9 Å². The standard InChI is InChI=1S/C29H34N4O4/c1-5-18-17-33-11-9-19(18)12-27(33)28(24-8-10-30-26-7-6-21(35-2)16-25(24)26)32-29(34)31-20-13-22(36-3)15-23(14-20)37-4/h5-8,10,13-16,18-19,27-28H,1,9,11-12,17H2,2-4H3,(H2,31,32,34)/t18?,19?,27-,28-/m0/s1. The summed E-state index contributed by atoms with van der Waals surface area (Å²) in [4.78, 5) is 20.5. The fourth-order valence-electron chi connectivity index (χ4n) is 5.84. The van der Waals surface area contributed by atoms with Crippen molar-refractivity contribution in [3.8, 4) is 17.2 Å². The molecule has 2 amide bonds. The molecule has 0 aliphatic carbocycles. The van der Waals surface area contributed by atoms with Gasteiger partial charge in [-0.25, -0.2) is 4.79 Å². The van der Waals surface area contributed by atoms with E-state index in [0.29, 0.717) is 29.0 Å². The van der Waals surface area contributed by atoms with Crippen LogP contribution in [-0.2, 0) is 0 Å². The molecule has 3 aromatic rings. The number of carbonyl (C=O) groups is 1. The van der Waals surface area contributed by atoms with Crippen LogP contribution in [0.1, 0.15) is 24.4 Å². The third-order valence-corrected chi connectivity index (χ3v) is 7.75. The summed E-state index contributed by atoms with van der Waals surface area (Å²) in [5, 5.41) is 7.26. The number of nitrogens with one attached hydrogen (secondary N) is 2. The van der Waals surface area contributed by atoms with Crippen LogP contribution in [0.2, 0.25) is 0 Å². The van der Waals surface area contributed by atoms with Crippen molar-refractivity contribution in [3.05, 3.63) is 66.9 Å². The van der Waals surface area contributed by atoms with Crippen molar-refractivity contribution in [2.24, 2.45) is 11.8 Å². The molecule has 3 aliphatic rings. The Kier molecular flexibility index (Phi) is 7.19. The molecule has 3 saturated heterocycles. The lowest BCUT2D eigenvalue weighted by Crippen LogP contribution is -2.57. The zero-order chi connectivity index (χ0) is 25.9. The van der Waals surface area contributed by atoms with E-state index in [2.05, 4.69) is 33.2 Å². The number of methoxy groups -OCH3 is 3. The third kappa shape index (κ3) is 5.06. The predicted molar refractivity (Wildman–Crippen MR) is 145 cm³/mol. The molecule has 0 spiro atoms. The van der Waals surface area contributed by atoms with Crippen molar-refractivity contribution in [2.45, 2.75) is 24.9 Å². The molecule has 2 aromatic carbocycles. The number of carbonyl (C=O) groups excluding carboxylic acids is 1. The summed E-state index contributed by atoms with van der Waals surface area (Å²) in [6, 6.07) is 12.8. The van der Waals surface area contributed by atoms with Gasteiger partial charge in [0.15, 0.2) is 0 Å². The minimum absolute atomic E-state index is 0.150. The van der Waals surface area contributed by atoms with Crippen LogP contribution in [0.3, 0.4) is 0 Å². The van der Waals surface area contributed by atoms with Crippen molar-refractivity contribution < 1.29 is 19.0 Å². The smallest absolute Gasteiger partial charge is 0.319 e. The Morgan fingerprint density at radius 2 is 1.84 bits per heavy atom. The first-order valence-corrected chi connectivity index (χ1v) is 12.6. The number of hydrogen-bond acceptors (Lipinski definition) is 6. The number of ether oxygens (including phenoxy) is 3. The van der Waals surface area contributed by atoms with Crippen molar-refractivity contribution in [2.75, 3.05) is 39.7 Å². The fourth-order valence-corrected chi connectivity index (χ4v) is 5.84. The first kappa shape index (κ1) is 24.9. The van der Waals surface area contributed by atoms with Crippen LogP contribution in [0.15, 0.2) is 61.3 Å². The summed E-state index contributed by atoms with van der Waals surface area (Å²) in [5.74, 6) is 3.00. The van der Waals surface area contributed by atoms with Crippen LogP contribution < -0.4 is 24.8 Å². The number of nitrogens with zero attached hydrogens (tertiary/aromatic N) is 2. The first-order valence-electron chi connectivity index (χ1n) is 12.6. The average Bonchev–Trinajstić information content (AvgIpc) is 2.95. The Hall–Kier alpha value is -3.78. The number of fused-ring (bicyclic) bond motifs is 4. The molecule has 3 aliphatic heterocycles. The van der Waals surface area contributed by atoms with E-state index in [1.165, 1.54) is 0 Å². The quantitative estimate of drug-likeness (QED) is 0.421. The highest BCUT2D eigenvalue weighted by Crippen LogP contribution is 2.42. The molecule has 0 radical (unpaired) electrons. The second kappa shape index (κ2) is 10.7. The summed E-state index contributed by atoms with van der Waals surface area (Å²) in [6.45, 7) is 6.03. The van der Waals surface area contributed by atoms with Crippen molar-refractivity contribution in [3.63, 3.8) is 0 Å². The summed E-state index contributed by atoms with van der Waals surface area (Å²) < 4.78 is 16.2. The van der Waals surface area contributed by atoms with Crippen LogP contribution in [-0.4, -0.2) is 56.4 Å². The van der Waals surface area contributed by atoms with Gasteiger partial charge in [0.2, 0.25) is 0 Å². The topological polar surface area (TPSA) is 85.0 Å². The number of rotatable bonds is 8. The number of anilines is 1. The molecule has 3 fully saturated rings. The molecule has 3 unspecified atom stereocenters. The number of urea groups is 1. The average molecular weight is 503 g/mol. The highest BCUT2D eigenvalue weighted by Gasteiger charge is 2.43. The van der Waals surface area contributed by atoms with Crippen molar-refractivity contribution in [1.82, 2.24) is 15.2 Å². The number of aromatic nitrogens is 1. The van der Waals surface area contributed by atoms with Gasteiger partial charge in [0.1, 0.15) is 17.2 Å². The maximum absolute atomic E-state index is 13.4. The maximum atomic E-state index is 13.4. The van der Waals surface area contributed by atoms with Crippen LogP contribution in [0.4, 0.5) is 10.5 Å². The van der Waals surface area contributed by atoms with E-state index in [-0.39, 0.29) is 18.1 Å². The molecule has 37 heavy (non-hydrogen) atoms. The van der Waals surface area contributed by atoms with Crippen LogP contribution >= 0.6 is 0 Å². The molecule has 8 heteroatoms. The fraction of sp³-hybridized carbons (Fsp3) is 0.379. The summed E-state index contributed by atoms with van der Waals surface area (Å²) in [6.07, 6.45) is 6.04. The van der Waals surface area contributed by atoms with Gasteiger partial charge in [0, 0.05) is 48.1 Å². The predicted octanol–water partition coefficient (Wildman–Crippen LogP) is 5.02. The molecule has 4 heterocycles. The lowest BCUT2D eigenvalue weighted by molar-refractivity contribution is 0.00340. The minimum Gasteiger partial charge on any atom is -0.497 e. The lowest BCUT2D eigenvalue weighted by Gasteiger charge is -2.51. The van der Waals surface area contributed by atoms with E-state index in [4.69, 9.17) is 14.2 Å². The van der Waals surface area contributed by atoms with Gasteiger partial charge in [0.25, 0.3) is 0 Å². The highest BCUT2D eigenvalue weighted by molar-refractivity contribution is 5.91. The van der Waals surface area contributed by atoms with E-state index >= 15 is 0 Å². The molecule has 0 saturated carbocycles. The van der Waals surface area contributed by atoms with Gasteiger partial charge < -0.3 is 24.8 Å². The molecular formula is C29H34N4O4. The molecule has 1 aromatic heterocycles. The molecule has 194 valence electrons. The zero-order valence-corrected chi connectivity index (χ0v) is 21.6. The monoisotopic (exact) mass is 502 g/mol. The number of amides is 2. The second-order valence-electron chi connectivity index (χ2n) is 9.71. The maximum Gasteiger partial charge on any atom is 0.319 e. The van der Waals surface area contributed by atoms with Gasteiger partial charge in [-0.1, -0.05) is 6.08 Å². The Morgan fingerprint density at radius 1 is 1.08 bits per heavy atom. The summed E-state index contributed by atoms with van der Waals surface area (Å²) in [5.41, 5.74) is 2.48. The Balaban J connectivity index is 1.50. The van der Waals surface area contributed by atoms with E-state index in [9.17, 15) is 4.79 Å². The zero-order valence-electron chi connectivity index (χ0n) is 21.6. The van der Waals surface area contributed by atoms with Crippen LogP contribution in [0, 0.1) is 11.8 Å². The molecule has 2 N–H and O–H groups in total. The Morgan fingerprint density at radius 3 is 2.49 bits per heavy atom. The number of piperidine rings is 3. The summed E-state index contributed by atoms with van der Waals surface area (Å²) in [7, 11) is 4.82. The van der Waals surface area contributed by atoms with Crippen molar-refractivity contribution >= 4 is 22.6 Å². The Labute approximate surface area is 217 Å². The van der Waals surface area contributed by atoms with Gasteiger partial charge >= 0.3 is 6.03 Å². The Bertz CT molecular complexity index is 1270. The van der Waals surface area contributed by atoms with Gasteiger partial charge in [-0.05, 0) is 61.1 Å².